The van der Waals surface area contributed by atoms with Crippen LogP contribution in [0.4, 0.5) is 19.2 Å². The van der Waals surface area contributed by atoms with Gasteiger partial charge in [-0.05, 0) is 219 Å². The van der Waals surface area contributed by atoms with Gasteiger partial charge in [0.25, 0.3) is 0 Å². The van der Waals surface area contributed by atoms with E-state index in [1.54, 1.807) is 78.1 Å². The van der Waals surface area contributed by atoms with Gasteiger partial charge >= 0.3 is 24.4 Å². The molecule has 0 radical (unpaired) electrons. The number of ether oxygens (including phenoxy) is 8. The monoisotopic (exact) mass is 1910 g/mol. The number of amides is 4. The van der Waals surface area contributed by atoms with Crippen LogP contribution in [0, 0.1) is 11.8 Å². The van der Waals surface area contributed by atoms with Crippen molar-refractivity contribution in [1.82, 2.24) is 93.6 Å². The number of fused-ring (bicyclic) bond motifs is 12. The molecule has 5 unspecified atom stereocenters. The number of carbonyl (C=O) groups is 4. The van der Waals surface area contributed by atoms with Crippen LogP contribution in [-0.4, -0.2) is 208 Å². The van der Waals surface area contributed by atoms with E-state index in [0.29, 0.717) is 111 Å². The van der Waals surface area contributed by atoms with Crippen LogP contribution in [0.2, 0.25) is 20.1 Å². The quantitative estimate of drug-likeness (QED) is 0.0262. The summed E-state index contributed by atoms with van der Waals surface area (Å²) >= 11 is 25.1. The third-order valence-electron chi connectivity index (χ3n) is 23.9. The van der Waals surface area contributed by atoms with Crippen molar-refractivity contribution in [1.29, 1.82) is 0 Å². The Morgan fingerprint density at radius 1 is 0.419 bits per heavy atom. The van der Waals surface area contributed by atoms with E-state index < -0.39 is 12.2 Å². The van der Waals surface area contributed by atoms with Gasteiger partial charge in [0.1, 0.15) is 105 Å². The van der Waals surface area contributed by atoms with Crippen molar-refractivity contribution < 1.29 is 62.2 Å². The zero-order valence-corrected chi connectivity index (χ0v) is 78.0. The summed E-state index contributed by atoms with van der Waals surface area (Å²) in [5.41, 5.74) is 16.4. The summed E-state index contributed by atoms with van der Waals surface area (Å²) in [7, 11) is 0. The molecule has 136 heavy (non-hydrogen) atoms. The lowest BCUT2D eigenvalue weighted by Crippen LogP contribution is -2.41. The van der Waals surface area contributed by atoms with E-state index in [0.717, 1.165) is 137 Å². The van der Waals surface area contributed by atoms with E-state index >= 15 is 0 Å². The number of H-pyrrole nitrogens is 4. The fourth-order valence-electron chi connectivity index (χ4n) is 17.8. The first-order chi connectivity index (χ1) is 66.4. The highest BCUT2D eigenvalue weighted by molar-refractivity contribution is 6.32. The minimum atomic E-state index is -0.739. The van der Waals surface area contributed by atoms with E-state index in [1.807, 2.05) is 201 Å². The summed E-state index contributed by atoms with van der Waals surface area (Å²) in [5.74, 6) is 8.40. The number of halogens is 4. The average Bonchev–Trinajstić information content (AvgIpc) is 1.61. The number of nitrogens with one attached hydrogen (secondary N) is 4. The maximum absolute atomic E-state index is 13.0. The van der Waals surface area contributed by atoms with Crippen LogP contribution >= 0.6 is 46.4 Å². The molecule has 32 nitrogen and oxygen atoms in total. The number of aromatic nitrogens is 15. The topological polar surface area (TPSA) is 348 Å². The van der Waals surface area contributed by atoms with Gasteiger partial charge in [-0.25, -0.2) is 43.5 Å². The first-order valence-electron chi connectivity index (χ1n) is 44.8. The number of rotatable bonds is 25. The molecule has 700 valence electrons. The highest BCUT2D eigenvalue weighted by Gasteiger charge is 2.41. The van der Waals surface area contributed by atoms with E-state index in [2.05, 4.69) is 67.2 Å². The number of aliphatic hydroxyl groups is 1. The zero-order valence-electron chi connectivity index (χ0n) is 75.0. The lowest BCUT2D eigenvalue weighted by molar-refractivity contribution is 0.0890. The van der Waals surface area contributed by atoms with Crippen molar-refractivity contribution in [2.45, 2.75) is 110 Å². The molecule has 0 saturated heterocycles. The number of nitrogens with zero attached hydrogens (tertiary/aromatic N) is 15. The Morgan fingerprint density at radius 2 is 0.772 bits per heavy atom. The molecule has 0 spiro atoms. The molecular formula is C100H99Cl4N19O13. The predicted molar refractivity (Wildman–Crippen MR) is 514 cm³/mol. The van der Waals surface area contributed by atoms with E-state index in [-0.39, 0.29) is 62.2 Å². The standard InChI is InChI=1S/C27H26ClN5O4.C25H25ClN4O3.2C24H24ClN5O3/c1-2-3-12-36-27(35)33-11-10-22-23-13-19(28)6-9-24(23)31-25(22)26(33)18-4-7-21(8-5-18)37-15-20(34)14-32-17-29-16-30-32;1-2-32-25(31)30-11-9-20-21-15-18(26)5-8-22(21)28-23(20)24(30)17-3-6-19(7-4-17)33-14-13-29-12-10-27-16-29;1-2-32-24(31)30-11-9-19-20-15-17(25)5-8-21(20)27-22(19)23(30)16-3-6-18(7-4-16)33-14-13-29-12-10-26-28-29;1-2-32-24(31)30-10-9-19-20-13-17(25)5-8-21(20)28-22(19)23(30)16-3-6-18(7-4-16)33-12-11-29-15-26-14-27-29/h4-9,13,16-17,20,26,31,34H,10-12,14-15H2,1H3;3-8,10,12,15-16,24,28H,2,9,11,13-14H2,1H3;3-8,10,12,15,23,27H,2,9,11,13-14H2,1H3;3-8,13-15,23,28H,2,9-12H2,1H3. The first-order valence-corrected chi connectivity index (χ1v) is 46.3. The molecule has 5 N–H and O–H groups in total. The maximum Gasteiger partial charge on any atom is 0.411 e. The van der Waals surface area contributed by atoms with Crippen molar-refractivity contribution in [3.63, 3.8) is 0 Å². The van der Waals surface area contributed by atoms with Gasteiger partial charge in [-0.2, -0.15) is 10.2 Å². The van der Waals surface area contributed by atoms with Gasteiger partial charge in [0.05, 0.1) is 58.5 Å². The van der Waals surface area contributed by atoms with E-state index in [4.69, 9.17) is 84.3 Å². The van der Waals surface area contributed by atoms with Crippen LogP contribution in [0.1, 0.15) is 119 Å². The van der Waals surface area contributed by atoms with Crippen LogP contribution in [0.15, 0.2) is 226 Å². The fourth-order valence-corrected chi connectivity index (χ4v) is 18.5. The van der Waals surface area contributed by atoms with Gasteiger partial charge in [-0.15, -0.1) is 11.0 Å². The summed E-state index contributed by atoms with van der Waals surface area (Å²) in [6.45, 7) is 14.2. The largest absolute Gasteiger partial charge is 0.492 e. The Morgan fingerprint density at radius 3 is 1.10 bits per heavy atom. The number of imidazole rings is 1. The molecule has 8 aromatic heterocycles. The molecule has 16 aromatic rings. The minimum absolute atomic E-state index is 0.0391. The molecule has 4 aliphatic heterocycles. The molecule has 0 aliphatic carbocycles. The molecule has 0 fully saturated rings. The van der Waals surface area contributed by atoms with Crippen LogP contribution < -0.4 is 18.9 Å². The molecule has 4 amide bonds. The average molecular weight is 1920 g/mol. The Hall–Kier alpha value is -14.5. The Kier molecular flexibility index (Phi) is 30.0. The number of aromatic amines is 4. The molecular weight excluding hydrogens is 1820 g/mol. The third kappa shape index (κ3) is 21.6. The lowest BCUT2D eigenvalue weighted by atomic mass is 9.92. The highest BCUT2D eigenvalue weighted by atomic mass is 35.5. The Bertz CT molecular complexity index is 6360. The SMILES string of the molecule is CC#CCOC(=O)N1CCc2c([nH]c3ccc(Cl)cc23)C1c1ccc(OCC(O)Cn2cncn2)cc1.CCOC(=O)N1CCc2c([nH]c3ccc(Cl)cc23)C1c1ccc(OCCn2ccnc2)cc1.CCOC(=O)N1CCc2c([nH]c3ccc(Cl)cc23)C1c1ccc(OCCn2ccnn2)cc1.CCOC(=O)N1CCc2c([nH]c3ccc(Cl)cc23)C1c1ccc(OCCn2cncn2)cc1. The minimum Gasteiger partial charge on any atom is -0.492 e. The molecule has 4 aliphatic rings. The lowest BCUT2D eigenvalue weighted by Gasteiger charge is -2.35. The summed E-state index contributed by atoms with van der Waals surface area (Å²) in [6.07, 6.45) is 15.7. The summed E-state index contributed by atoms with van der Waals surface area (Å²) in [6, 6.07) is 53.1. The van der Waals surface area contributed by atoms with Gasteiger partial charge in [-0.1, -0.05) is 106 Å². The van der Waals surface area contributed by atoms with Crippen LogP contribution in [0.5, 0.6) is 23.0 Å². The number of hydrogen-bond acceptors (Lipinski definition) is 20. The molecule has 36 heteroatoms. The van der Waals surface area contributed by atoms with E-state index in [9.17, 15) is 24.3 Å². The fraction of sp³-hybridized carbons (Fsp3) is 0.290. The number of hydrogen-bond donors (Lipinski definition) is 5. The van der Waals surface area contributed by atoms with Crippen molar-refractivity contribution in [2.75, 3.05) is 79.0 Å². The Labute approximate surface area is 802 Å². The maximum atomic E-state index is 13.0. The van der Waals surface area contributed by atoms with Crippen molar-refractivity contribution in [3.05, 3.63) is 314 Å². The van der Waals surface area contributed by atoms with Crippen molar-refractivity contribution in [2.24, 2.45) is 0 Å². The van der Waals surface area contributed by atoms with Crippen molar-refractivity contribution in [3.8, 4) is 34.8 Å². The van der Waals surface area contributed by atoms with Crippen LogP contribution in [0.25, 0.3) is 43.6 Å². The predicted octanol–water partition coefficient (Wildman–Crippen LogP) is 18.4. The molecule has 5 atom stereocenters. The molecule has 12 heterocycles. The summed E-state index contributed by atoms with van der Waals surface area (Å²) in [4.78, 5) is 84.5. The third-order valence-corrected chi connectivity index (χ3v) is 24.9. The van der Waals surface area contributed by atoms with Gasteiger partial charge in [0.2, 0.25) is 0 Å². The second-order valence-corrected chi connectivity index (χ2v) is 34.1. The first kappa shape index (κ1) is 93.3. The second-order valence-electron chi connectivity index (χ2n) is 32.3. The van der Waals surface area contributed by atoms with Gasteiger partial charge < -0.3 is 67.5 Å². The molecule has 20 rings (SSSR count). The van der Waals surface area contributed by atoms with Crippen LogP contribution in [0.3, 0.4) is 0 Å². The van der Waals surface area contributed by atoms with Gasteiger partial charge in [-0.3, -0.25) is 24.3 Å². The summed E-state index contributed by atoms with van der Waals surface area (Å²) < 4.78 is 51.9. The molecule has 0 saturated carbocycles. The molecule has 8 aromatic carbocycles. The second kappa shape index (κ2) is 43.7. The smallest absolute Gasteiger partial charge is 0.411 e. The van der Waals surface area contributed by atoms with Crippen molar-refractivity contribution >= 4 is 114 Å². The number of aliphatic hydroxyl groups excluding tert-OH is 1. The van der Waals surface area contributed by atoms with Gasteiger partial charge in [0, 0.05) is 131 Å². The number of carbonyl (C=O) groups excluding carboxylic acids is 4. The number of benzene rings is 8. The molecule has 0 bridgehead atoms. The normalized spacial score (nSPS) is 15.5. The highest BCUT2D eigenvalue weighted by Crippen LogP contribution is 2.46. The van der Waals surface area contributed by atoms with E-state index in [1.165, 1.54) is 29.3 Å². The zero-order chi connectivity index (χ0) is 94.1. The summed E-state index contributed by atoms with van der Waals surface area (Å²) in [5, 5.41) is 33.1. The van der Waals surface area contributed by atoms with Gasteiger partial charge in [0.15, 0.2) is 6.61 Å². The van der Waals surface area contributed by atoms with Crippen LogP contribution in [-0.2, 0) is 70.8 Å². The Balaban J connectivity index is 0.000000126.